The van der Waals surface area contributed by atoms with Crippen LogP contribution < -0.4 is 10.2 Å². The molecule has 0 fully saturated rings. The summed E-state index contributed by atoms with van der Waals surface area (Å²) in [5.41, 5.74) is 0.478. The van der Waals surface area contributed by atoms with Gasteiger partial charge in [0, 0.05) is 5.46 Å². The minimum Gasteiger partial charge on any atom is -0.508 e. The number of benzene rings is 1. The highest BCUT2D eigenvalue weighted by molar-refractivity contribution is 6.61. The SMILES string of the molecule is COc1cccc(B(O)OC=O)c1. The van der Waals surface area contributed by atoms with Gasteiger partial charge in [0.15, 0.2) is 0 Å². The maximum Gasteiger partial charge on any atom is 0.561 e. The Morgan fingerprint density at radius 1 is 1.54 bits per heavy atom. The molecule has 0 unspecified atom stereocenters. The van der Waals surface area contributed by atoms with Gasteiger partial charge in [-0.05, 0) is 12.1 Å². The Balaban J connectivity index is 2.81. The van der Waals surface area contributed by atoms with Gasteiger partial charge in [-0.3, -0.25) is 4.79 Å². The summed E-state index contributed by atoms with van der Waals surface area (Å²) in [5, 5.41) is 9.23. The van der Waals surface area contributed by atoms with E-state index in [1.165, 1.54) is 7.11 Å². The highest BCUT2D eigenvalue weighted by Gasteiger charge is 2.17. The predicted octanol–water partition coefficient (Wildman–Crippen LogP) is -0.444. The van der Waals surface area contributed by atoms with Gasteiger partial charge in [0.2, 0.25) is 0 Å². The topological polar surface area (TPSA) is 55.8 Å². The van der Waals surface area contributed by atoms with Crippen LogP contribution in [0.1, 0.15) is 0 Å². The second-order valence-corrected chi connectivity index (χ2v) is 2.36. The first-order valence-corrected chi connectivity index (χ1v) is 3.69. The van der Waals surface area contributed by atoms with Crippen molar-refractivity contribution in [2.24, 2.45) is 0 Å². The molecule has 0 atom stereocenters. The van der Waals surface area contributed by atoms with Crippen LogP contribution in [-0.4, -0.2) is 25.7 Å². The van der Waals surface area contributed by atoms with Crippen molar-refractivity contribution in [1.29, 1.82) is 0 Å². The summed E-state index contributed by atoms with van der Waals surface area (Å²) in [6.07, 6.45) is 0. The van der Waals surface area contributed by atoms with Gasteiger partial charge >= 0.3 is 7.12 Å². The maximum atomic E-state index is 9.93. The van der Waals surface area contributed by atoms with Crippen molar-refractivity contribution in [2.45, 2.75) is 0 Å². The Hall–Kier alpha value is -1.49. The number of ether oxygens (including phenoxy) is 1. The van der Waals surface area contributed by atoms with E-state index in [1.807, 2.05) is 0 Å². The first-order chi connectivity index (χ1) is 6.27. The fourth-order valence-electron chi connectivity index (χ4n) is 0.926. The number of hydrogen-bond acceptors (Lipinski definition) is 4. The van der Waals surface area contributed by atoms with Gasteiger partial charge in [-0.25, -0.2) is 0 Å². The second kappa shape index (κ2) is 4.52. The second-order valence-electron chi connectivity index (χ2n) is 2.36. The molecule has 0 saturated heterocycles. The van der Waals surface area contributed by atoms with Crippen molar-refractivity contribution in [1.82, 2.24) is 0 Å². The molecule has 1 N–H and O–H groups in total. The molecule has 0 aliphatic carbocycles. The van der Waals surface area contributed by atoms with Crippen molar-refractivity contribution >= 4 is 19.1 Å². The average Bonchev–Trinajstić information content (AvgIpc) is 2.18. The summed E-state index contributed by atoms with van der Waals surface area (Å²) >= 11 is 0. The standard InChI is InChI=1S/C8H9BO4/c1-12-8-4-2-3-7(5-8)9(11)13-6-10/h2-6,11H,1H3. The van der Waals surface area contributed by atoms with Gasteiger partial charge in [0.1, 0.15) is 5.75 Å². The van der Waals surface area contributed by atoms with Crippen LogP contribution in [0, 0.1) is 0 Å². The summed E-state index contributed by atoms with van der Waals surface area (Å²) in [4.78, 5) is 9.93. The molecule has 0 aliphatic heterocycles. The monoisotopic (exact) mass is 180 g/mol. The van der Waals surface area contributed by atoms with E-state index in [1.54, 1.807) is 24.3 Å². The molecular formula is C8H9BO4. The maximum absolute atomic E-state index is 9.93. The van der Waals surface area contributed by atoms with Crippen LogP contribution in [0.15, 0.2) is 24.3 Å². The first kappa shape index (κ1) is 9.60. The average molecular weight is 180 g/mol. The summed E-state index contributed by atoms with van der Waals surface area (Å²) in [6.45, 7) is 0.199. The minimum absolute atomic E-state index is 0.199. The van der Waals surface area contributed by atoms with Gasteiger partial charge in [-0.1, -0.05) is 12.1 Å². The lowest BCUT2D eigenvalue weighted by molar-refractivity contribution is -0.121. The zero-order valence-corrected chi connectivity index (χ0v) is 7.14. The zero-order chi connectivity index (χ0) is 9.68. The van der Waals surface area contributed by atoms with Crippen LogP contribution in [0.3, 0.4) is 0 Å². The van der Waals surface area contributed by atoms with Crippen LogP contribution in [-0.2, 0) is 9.45 Å². The van der Waals surface area contributed by atoms with E-state index in [-0.39, 0.29) is 6.47 Å². The van der Waals surface area contributed by atoms with Gasteiger partial charge < -0.3 is 14.4 Å². The molecule has 0 amide bonds. The number of carbonyl (C=O) groups excluding carboxylic acids is 1. The summed E-state index contributed by atoms with van der Waals surface area (Å²) in [5.74, 6) is 0.603. The van der Waals surface area contributed by atoms with Crippen LogP contribution >= 0.6 is 0 Å². The van der Waals surface area contributed by atoms with E-state index in [0.29, 0.717) is 11.2 Å². The fourth-order valence-corrected chi connectivity index (χ4v) is 0.926. The minimum atomic E-state index is -1.23. The largest absolute Gasteiger partial charge is 0.561 e. The Kier molecular flexibility index (Phi) is 3.34. The molecule has 1 aromatic carbocycles. The Morgan fingerprint density at radius 3 is 2.92 bits per heavy atom. The molecule has 13 heavy (non-hydrogen) atoms. The number of rotatable bonds is 4. The fraction of sp³-hybridized carbons (Fsp3) is 0.125. The predicted molar refractivity (Wildman–Crippen MR) is 47.7 cm³/mol. The lowest BCUT2D eigenvalue weighted by Gasteiger charge is -2.05. The molecule has 68 valence electrons. The van der Waals surface area contributed by atoms with Crippen LogP contribution in [0.2, 0.25) is 0 Å². The van der Waals surface area contributed by atoms with Gasteiger partial charge in [-0.2, -0.15) is 0 Å². The third-order valence-electron chi connectivity index (χ3n) is 1.56. The van der Waals surface area contributed by atoms with Crippen molar-refractivity contribution in [3.8, 4) is 5.75 Å². The normalized spacial score (nSPS) is 9.08. The quantitative estimate of drug-likeness (QED) is 0.503. The number of hydrogen-bond donors (Lipinski definition) is 1. The van der Waals surface area contributed by atoms with E-state index < -0.39 is 7.12 Å². The Labute approximate surface area is 76.2 Å². The molecule has 1 aromatic rings. The lowest BCUT2D eigenvalue weighted by Crippen LogP contribution is -2.33. The van der Waals surface area contributed by atoms with E-state index >= 15 is 0 Å². The third kappa shape index (κ3) is 2.49. The molecule has 0 radical (unpaired) electrons. The number of carbonyl (C=O) groups is 1. The molecule has 4 nitrogen and oxygen atoms in total. The molecule has 0 bridgehead atoms. The van der Waals surface area contributed by atoms with Gasteiger partial charge in [0.05, 0.1) is 7.11 Å². The van der Waals surface area contributed by atoms with Crippen molar-refractivity contribution in [3.05, 3.63) is 24.3 Å². The van der Waals surface area contributed by atoms with Crippen LogP contribution in [0.5, 0.6) is 5.75 Å². The van der Waals surface area contributed by atoms with Crippen molar-refractivity contribution < 1.29 is 19.2 Å². The zero-order valence-electron chi connectivity index (χ0n) is 7.14. The molecule has 1 rings (SSSR count). The Bertz CT molecular complexity index is 289. The molecular weight excluding hydrogens is 171 g/mol. The highest BCUT2D eigenvalue weighted by Crippen LogP contribution is 2.05. The smallest absolute Gasteiger partial charge is 0.508 e. The van der Waals surface area contributed by atoms with E-state index in [4.69, 9.17) is 4.74 Å². The first-order valence-electron chi connectivity index (χ1n) is 3.69. The van der Waals surface area contributed by atoms with Gasteiger partial charge in [-0.15, -0.1) is 0 Å². The van der Waals surface area contributed by atoms with E-state index in [9.17, 15) is 9.82 Å². The summed E-state index contributed by atoms with van der Waals surface area (Å²) < 4.78 is 9.27. The molecule has 0 spiro atoms. The number of methoxy groups -OCH3 is 1. The summed E-state index contributed by atoms with van der Waals surface area (Å²) in [6, 6.07) is 6.66. The lowest BCUT2D eigenvalue weighted by atomic mass is 9.80. The van der Waals surface area contributed by atoms with E-state index in [2.05, 4.69) is 4.65 Å². The molecule has 0 saturated carbocycles. The molecule has 0 heterocycles. The molecule has 0 aromatic heterocycles. The van der Waals surface area contributed by atoms with Crippen molar-refractivity contribution in [2.75, 3.05) is 7.11 Å². The van der Waals surface area contributed by atoms with Gasteiger partial charge in [0.25, 0.3) is 6.47 Å². The van der Waals surface area contributed by atoms with Crippen molar-refractivity contribution in [3.63, 3.8) is 0 Å². The van der Waals surface area contributed by atoms with Crippen LogP contribution in [0.4, 0.5) is 0 Å². The van der Waals surface area contributed by atoms with Crippen LogP contribution in [0.25, 0.3) is 0 Å². The highest BCUT2D eigenvalue weighted by atomic mass is 16.5. The third-order valence-corrected chi connectivity index (χ3v) is 1.56. The van der Waals surface area contributed by atoms with E-state index in [0.717, 1.165) is 0 Å². The molecule has 0 aliphatic rings. The molecule has 5 heteroatoms. The summed E-state index contributed by atoms with van der Waals surface area (Å²) in [7, 11) is 0.291. The Morgan fingerprint density at radius 2 is 2.31 bits per heavy atom.